The number of aromatic nitrogens is 2. The number of nitrogens with one attached hydrogen (secondary N) is 1. The zero-order chi connectivity index (χ0) is 16.2. The highest BCUT2D eigenvalue weighted by Crippen LogP contribution is 2.29. The van der Waals surface area contributed by atoms with E-state index in [2.05, 4.69) is 45.6 Å². The standard InChI is InChI=1S/C19H21N3O/c1-13(2)23-18-9-8-15-6-4-5-7-16(15)17(18)11-20-19-10-14(3)21-12-22-19/h4-10,12-13H,11H2,1-3H3,(H,20,21,22). The third-order valence-corrected chi connectivity index (χ3v) is 3.61. The minimum atomic E-state index is 0.135. The summed E-state index contributed by atoms with van der Waals surface area (Å²) >= 11 is 0. The van der Waals surface area contributed by atoms with Gasteiger partial charge in [-0.15, -0.1) is 0 Å². The second-order valence-corrected chi connectivity index (χ2v) is 5.83. The Kier molecular flexibility index (Phi) is 4.42. The third-order valence-electron chi connectivity index (χ3n) is 3.61. The fraction of sp³-hybridized carbons (Fsp3) is 0.263. The van der Waals surface area contributed by atoms with Crippen molar-refractivity contribution in [3.05, 3.63) is 60.0 Å². The third kappa shape index (κ3) is 3.59. The molecule has 4 nitrogen and oxygen atoms in total. The molecule has 0 unspecified atom stereocenters. The van der Waals surface area contributed by atoms with Crippen molar-refractivity contribution in [2.75, 3.05) is 5.32 Å². The second kappa shape index (κ2) is 6.65. The Morgan fingerprint density at radius 2 is 1.91 bits per heavy atom. The largest absolute Gasteiger partial charge is 0.491 e. The highest BCUT2D eigenvalue weighted by atomic mass is 16.5. The number of benzene rings is 2. The van der Waals surface area contributed by atoms with Gasteiger partial charge in [-0.2, -0.15) is 0 Å². The number of rotatable bonds is 5. The first-order valence-corrected chi connectivity index (χ1v) is 7.83. The van der Waals surface area contributed by atoms with Crippen LogP contribution in [0, 0.1) is 6.92 Å². The zero-order valence-corrected chi connectivity index (χ0v) is 13.7. The fourth-order valence-corrected chi connectivity index (χ4v) is 2.59. The van der Waals surface area contributed by atoms with Gasteiger partial charge in [0, 0.05) is 23.9 Å². The summed E-state index contributed by atoms with van der Waals surface area (Å²) in [4.78, 5) is 8.39. The van der Waals surface area contributed by atoms with Gasteiger partial charge in [0.25, 0.3) is 0 Å². The highest BCUT2D eigenvalue weighted by molar-refractivity contribution is 5.88. The fourth-order valence-electron chi connectivity index (χ4n) is 2.59. The predicted octanol–water partition coefficient (Wildman–Crippen LogP) is 4.34. The van der Waals surface area contributed by atoms with Crippen LogP contribution in [0.1, 0.15) is 25.1 Å². The lowest BCUT2D eigenvalue weighted by atomic mass is 10.0. The summed E-state index contributed by atoms with van der Waals surface area (Å²) in [5.41, 5.74) is 2.09. The second-order valence-electron chi connectivity index (χ2n) is 5.83. The predicted molar refractivity (Wildman–Crippen MR) is 93.8 cm³/mol. The first-order valence-electron chi connectivity index (χ1n) is 7.83. The van der Waals surface area contributed by atoms with E-state index in [1.807, 2.05) is 32.9 Å². The molecule has 4 heteroatoms. The van der Waals surface area contributed by atoms with Crippen LogP contribution in [-0.4, -0.2) is 16.1 Å². The topological polar surface area (TPSA) is 47.0 Å². The van der Waals surface area contributed by atoms with Crippen LogP contribution in [0.2, 0.25) is 0 Å². The first-order chi connectivity index (χ1) is 11.1. The minimum absolute atomic E-state index is 0.135. The molecule has 2 aromatic carbocycles. The van der Waals surface area contributed by atoms with E-state index in [4.69, 9.17) is 4.74 Å². The van der Waals surface area contributed by atoms with E-state index in [9.17, 15) is 0 Å². The van der Waals surface area contributed by atoms with E-state index in [0.29, 0.717) is 6.54 Å². The monoisotopic (exact) mass is 307 g/mol. The number of ether oxygens (including phenoxy) is 1. The van der Waals surface area contributed by atoms with E-state index in [-0.39, 0.29) is 6.10 Å². The van der Waals surface area contributed by atoms with Crippen LogP contribution in [0.25, 0.3) is 10.8 Å². The normalized spacial score (nSPS) is 11.0. The van der Waals surface area contributed by atoms with Gasteiger partial charge in [0.1, 0.15) is 17.9 Å². The van der Waals surface area contributed by atoms with Gasteiger partial charge in [0.05, 0.1) is 6.10 Å². The zero-order valence-electron chi connectivity index (χ0n) is 13.7. The Balaban J connectivity index is 1.96. The Morgan fingerprint density at radius 3 is 2.70 bits per heavy atom. The van der Waals surface area contributed by atoms with E-state index in [0.717, 1.165) is 22.8 Å². The lowest BCUT2D eigenvalue weighted by Gasteiger charge is -2.17. The molecule has 3 rings (SSSR count). The molecular formula is C19H21N3O. The summed E-state index contributed by atoms with van der Waals surface area (Å²) in [6.45, 7) is 6.69. The van der Waals surface area contributed by atoms with Crippen LogP contribution in [0.5, 0.6) is 5.75 Å². The maximum Gasteiger partial charge on any atom is 0.129 e. The molecule has 0 aliphatic rings. The number of hydrogen-bond donors (Lipinski definition) is 1. The Morgan fingerprint density at radius 1 is 1.09 bits per heavy atom. The van der Waals surface area contributed by atoms with Gasteiger partial charge in [0.2, 0.25) is 0 Å². The summed E-state index contributed by atoms with van der Waals surface area (Å²) in [5.74, 6) is 1.73. The lowest BCUT2D eigenvalue weighted by molar-refractivity contribution is 0.240. The Bertz CT molecular complexity index is 815. The van der Waals surface area contributed by atoms with Gasteiger partial charge in [-0.1, -0.05) is 30.3 Å². The molecule has 23 heavy (non-hydrogen) atoms. The number of fused-ring (bicyclic) bond motifs is 1. The highest BCUT2D eigenvalue weighted by Gasteiger charge is 2.10. The summed E-state index contributed by atoms with van der Waals surface area (Å²) in [6.07, 6.45) is 1.71. The van der Waals surface area contributed by atoms with Crippen LogP contribution in [0.3, 0.4) is 0 Å². The van der Waals surface area contributed by atoms with Gasteiger partial charge in [-0.25, -0.2) is 9.97 Å². The van der Waals surface area contributed by atoms with Crippen LogP contribution in [-0.2, 0) is 6.54 Å². The van der Waals surface area contributed by atoms with Crippen molar-refractivity contribution < 1.29 is 4.74 Å². The average molecular weight is 307 g/mol. The van der Waals surface area contributed by atoms with Gasteiger partial charge in [0.15, 0.2) is 0 Å². The lowest BCUT2D eigenvalue weighted by Crippen LogP contribution is -2.10. The molecule has 0 bridgehead atoms. The number of nitrogens with zero attached hydrogens (tertiary/aromatic N) is 2. The number of anilines is 1. The number of aryl methyl sites for hydroxylation is 1. The van der Waals surface area contributed by atoms with Gasteiger partial charge < -0.3 is 10.1 Å². The smallest absolute Gasteiger partial charge is 0.129 e. The number of hydrogen-bond acceptors (Lipinski definition) is 4. The molecule has 0 radical (unpaired) electrons. The Hall–Kier alpha value is -2.62. The maximum atomic E-state index is 5.99. The summed E-state index contributed by atoms with van der Waals surface area (Å²) < 4.78 is 5.99. The molecular weight excluding hydrogens is 286 g/mol. The molecule has 0 fully saturated rings. The summed E-state index contributed by atoms with van der Waals surface area (Å²) in [7, 11) is 0. The van der Waals surface area contributed by atoms with Gasteiger partial charge in [-0.3, -0.25) is 0 Å². The van der Waals surface area contributed by atoms with Crippen molar-refractivity contribution in [3.63, 3.8) is 0 Å². The van der Waals surface area contributed by atoms with Crippen LogP contribution >= 0.6 is 0 Å². The SMILES string of the molecule is Cc1cc(NCc2c(OC(C)C)ccc3ccccc23)ncn1. The molecule has 0 saturated heterocycles. The summed E-state index contributed by atoms with van der Waals surface area (Å²) in [5, 5.41) is 5.78. The average Bonchev–Trinajstić information content (AvgIpc) is 2.53. The van der Waals surface area contributed by atoms with Crippen molar-refractivity contribution in [2.24, 2.45) is 0 Å². The first kappa shape index (κ1) is 15.3. The van der Waals surface area contributed by atoms with Crippen molar-refractivity contribution in [1.82, 2.24) is 9.97 Å². The molecule has 0 spiro atoms. The molecule has 1 heterocycles. The van der Waals surface area contributed by atoms with Crippen LogP contribution in [0.4, 0.5) is 5.82 Å². The molecule has 0 saturated carbocycles. The van der Waals surface area contributed by atoms with Crippen molar-refractivity contribution >= 4 is 16.6 Å². The van der Waals surface area contributed by atoms with E-state index >= 15 is 0 Å². The van der Waals surface area contributed by atoms with Gasteiger partial charge >= 0.3 is 0 Å². The Labute approximate surface area is 136 Å². The van der Waals surface area contributed by atoms with Crippen molar-refractivity contribution in [3.8, 4) is 5.75 Å². The molecule has 1 aromatic heterocycles. The molecule has 0 atom stereocenters. The molecule has 0 aliphatic carbocycles. The van der Waals surface area contributed by atoms with Crippen LogP contribution < -0.4 is 10.1 Å². The van der Waals surface area contributed by atoms with E-state index in [1.165, 1.54) is 10.8 Å². The molecule has 1 N–H and O–H groups in total. The van der Waals surface area contributed by atoms with E-state index in [1.54, 1.807) is 6.33 Å². The van der Waals surface area contributed by atoms with Crippen molar-refractivity contribution in [2.45, 2.75) is 33.4 Å². The quantitative estimate of drug-likeness (QED) is 0.762. The van der Waals surface area contributed by atoms with E-state index < -0.39 is 0 Å². The van der Waals surface area contributed by atoms with Crippen molar-refractivity contribution in [1.29, 1.82) is 0 Å². The van der Waals surface area contributed by atoms with Crippen LogP contribution in [0.15, 0.2) is 48.8 Å². The van der Waals surface area contributed by atoms with Gasteiger partial charge in [-0.05, 0) is 37.6 Å². The molecule has 0 aliphatic heterocycles. The molecule has 0 amide bonds. The maximum absolute atomic E-state index is 5.99. The molecule has 3 aromatic rings. The molecule has 118 valence electrons. The summed E-state index contributed by atoms with van der Waals surface area (Å²) in [6, 6.07) is 14.4. The minimum Gasteiger partial charge on any atom is -0.491 e.